The summed E-state index contributed by atoms with van der Waals surface area (Å²) in [4.78, 5) is 0. The molecule has 0 saturated heterocycles. The van der Waals surface area contributed by atoms with E-state index >= 15 is 0 Å². The number of rotatable bonds is 5. The Morgan fingerprint density at radius 1 is 1.38 bits per heavy atom. The largest absolute Gasteiger partial charge is 0.416 e. The molecule has 0 aliphatic carbocycles. The Hall–Kier alpha value is 0.477. The topological polar surface area (TPSA) is 9.23 Å². The first-order chi connectivity index (χ1) is 5.75. The van der Waals surface area contributed by atoms with Crippen LogP contribution in [0.4, 0.5) is 17.6 Å². The lowest BCUT2D eigenvalue weighted by Crippen LogP contribution is -2.34. The van der Waals surface area contributed by atoms with Crippen molar-refractivity contribution in [2.45, 2.75) is 31.6 Å². The summed E-state index contributed by atoms with van der Waals surface area (Å²) in [5.74, 6) is 0. The van der Waals surface area contributed by atoms with Crippen LogP contribution in [0.15, 0.2) is 0 Å². The van der Waals surface area contributed by atoms with Gasteiger partial charge in [-0.25, -0.2) is 8.78 Å². The molecule has 0 fully saturated rings. The second-order valence-electron chi connectivity index (χ2n) is 2.42. The number of hydrogen-bond acceptors (Lipinski definition) is 1. The SMILES string of the molecule is CC(C[SiH](Cl)Cl)OC(F)(F)C(F)F. The molecule has 0 aromatic heterocycles. The molecule has 0 amide bonds. The first-order valence-corrected chi connectivity index (χ1v) is 7.68. The van der Waals surface area contributed by atoms with Crippen LogP contribution in [0.5, 0.6) is 0 Å². The van der Waals surface area contributed by atoms with Gasteiger partial charge in [0.25, 0.3) is 0 Å². The molecule has 1 atom stereocenters. The quantitative estimate of drug-likeness (QED) is 0.419. The summed E-state index contributed by atoms with van der Waals surface area (Å²) in [5, 5.41) is 0. The molecular weight excluding hydrogens is 251 g/mol. The minimum absolute atomic E-state index is 0.00538. The summed E-state index contributed by atoms with van der Waals surface area (Å²) in [6.07, 6.45) is -9.31. The van der Waals surface area contributed by atoms with Gasteiger partial charge in [-0.15, -0.1) is 0 Å². The van der Waals surface area contributed by atoms with Crippen molar-refractivity contribution in [1.29, 1.82) is 0 Å². The Morgan fingerprint density at radius 3 is 2.15 bits per heavy atom. The molecule has 13 heavy (non-hydrogen) atoms. The Balaban J connectivity index is 3.96. The van der Waals surface area contributed by atoms with Crippen molar-refractivity contribution in [2.24, 2.45) is 0 Å². The summed E-state index contributed by atoms with van der Waals surface area (Å²) in [7, 11) is -2.11. The van der Waals surface area contributed by atoms with Crippen molar-refractivity contribution >= 4 is 29.6 Å². The first-order valence-electron chi connectivity index (χ1n) is 3.37. The standard InChI is InChI=1S/C5H8Cl2F4OSi/c1-3(2-13(6)7)12-5(10,11)4(8)9/h3-4,13H,2H2,1H3. The molecule has 0 rings (SSSR count). The third-order valence-corrected chi connectivity index (χ3v) is 3.21. The molecule has 8 heteroatoms. The van der Waals surface area contributed by atoms with E-state index in [9.17, 15) is 17.6 Å². The van der Waals surface area contributed by atoms with Gasteiger partial charge in [0, 0.05) is 0 Å². The monoisotopic (exact) mass is 258 g/mol. The molecule has 1 nitrogen and oxygen atoms in total. The minimum Gasteiger partial charge on any atom is -0.313 e. The fraction of sp³-hybridized carbons (Fsp3) is 1.00. The molecule has 0 aromatic carbocycles. The van der Waals surface area contributed by atoms with Crippen LogP contribution in [-0.2, 0) is 4.74 Å². The summed E-state index contributed by atoms with van der Waals surface area (Å²) in [6.45, 7) is 1.22. The highest BCUT2D eigenvalue weighted by Gasteiger charge is 2.43. The van der Waals surface area contributed by atoms with Gasteiger partial charge < -0.3 is 4.74 Å². The molecule has 0 saturated carbocycles. The van der Waals surface area contributed by atoms with Gasteiger partial charge in [-0.3, -0.25) is 0 Å². The van der Waals surface area contributed by atoms with Crippen LogP contribution >= 0.6 is 22.2 Å². The van der Waals surface area contributed by atoms with Gasteiger partial charge in [0.2, 0.25) is 7.42 Å². The molecular formula is C5H8Cl2F4OSi. The number of hydrogen-bond donors (Lipinski definition) is 0. The van der Waals surface area contributed by atoms with E-state index in [0.717, 1.165) is 0 Å². The van der Waals surface area contributed by atoms with Crippen molar-refractivity contribution in [3.63, 3.8) is 0 Å². The van der Waals surface area contributed by atoms with Crippen LogP contribution in [0.2, 0.25) is 6.04 Å². The molecule has 0 N–H and O–H groups in total. The summed E-state index contributed by atoms with van der Waals surface area (Å²) in [5.41, 5.74) is 0. The van der Waals surface area contributed by atoms with E-state index in [4.69, 9.17) is 22.2 Å². The lowest BCUT2D eigenvalue weighted by molar-refractivity contribution is -0.313. The lowest BCUT2D eigenvalue weighted by atomic mass is 10.4. The van der Waals surface area contributed by atoms with Crippen LogP contribution in [0, 0.1) is 0 Å². The zero-order valence-corrected chi connectivity index (χ0v) is 9.28. The lowest BCUT2D eigenvalue weighted by Gasteiger charge is -2.20. The molecule has 0 aliphatic heterocycles. The molecule has 0 aliphatic rings. The molecule has 0 aromatic rings. The van der Waals surface area contributed by atoms with Gasteiger partial charge in [-0.1, -0.05) is 0 Å². The van der Waals surface area contributed by atoms with Crippen molar-refractivity contribution in [1.82, 2.24) is 0 Å². The smallest absolute Gasteiger partial charge is 0.313 e. The van der Waals surface area contributed by atoms with Gasteiger partial charge in [0.15, 0.2) is 0 Å². The highest BCUT2D eigenvalue weighted by Crippen LogP contribution is 2.27. The van der Waals surface area contributed by atoms with Gasteiger partial charge in [-0.2, -0.15) is 30.9 Å². The van der Waals surface area contributed by atoms with Crippen molar-refractivity contribution < 1.29 is 22.3 Å². The second kappa shape index (κ2) is 5.38. The molecule has 0 spiro atoms. The Bertz CT molecular complexity index is 157. The van der Waals surface area contributed by atoms with Gasteiger partial charge in [-0.05, 0) is 13.0 Å². The number of ether oxygens (including phenoxy) is 1. The van der Waals surface area contributed by atoms with Gasteiger partial charge >= 0.3 is 12.5 Å². The molecule has 0 radical (unpaired) electrons. The van der Waals surface area contributed by atoms with Crippen molar-refractivity contribution in [3.05, 3.63) is 0 Å². The van der Waals surface area contributed by atoms with Crippen LogP contribution < -0.4 is 0 Å². The maximum atomic E-state index is 12.2. The fourth-order valence-electron chi connectivity index (χ4n) is 0.619. The van der Waals surface area contributed by atoms with Crippen LogP contribution in [0.1, 0.15) is 6.92 Å². The van der Waals surface area contributed by atoms with Crippen molar-refractivity contribution in [2.75, 3.05) is 0 Å². The molecule has 80 valence electrons. The zero-order valence-electron chi connectivity index (χ0n) is 6.62. The maximum absolute atomic E-state index is 12.2. The Morgan fingerprint density at radius 2 is 1.85 bits per heavy atom. The van der Waals surface area contributed by atoms with E-state index < -0.39 is 26.1 Å². The average Bonchev–Trinajstić information content (AvgIpc) is 1.82. The van der Waals surface area contributed by atoms with E-state index in [1.54, 1.807) is 0 Å². The summed E-state index contributed by atoms with van der Waals surface area (Å²) in [6, 6.07) is 0.00538. The van der Waals surface area contributed by atoms with E-state index in [0.29, 0.717) is 0 Å². The van der Waals surface area contributed by atoms with Gasteiger partial charge in [0.05, 0.1) is 6.10 Å². The predicted octanol–water partition coefficient (Wildman–Crippen LogP) is 2.95. The summed E-state index contributed by atoms with van der Waals surface area (Å²) < 4.78 is 51.4. The van der Waals surface area contributed by atoms with Crippen LogP contribution in [0.25, 0.3) is 0 Å². The number of alkyl halides is 4. The third kappa shape index (κ3) is 5.72. The third-order valence-electron chi connectivity index (χ3n) is 1.12. The van der Waals surface area contributed by atoms with E-state index in [2.05, 4.69) is 4.74 Å². The second-order valence-corrected chi connectivity index (χ2v) is 7.50. The maximum Gasteiger partial charge on any atom is 0.416 e. The fourth-order valence-corrected chi connectivity index (χ4v) is 2.72. The molecule has 0 heterocycles. The van der Waals surface area contributed by atoms with Crippen LogP contribution in [-0.4, -0.2) is 26.1 Å². The van der Waals surface area contributed by atoms with Gasteiger partial charge in [0.1, 0.15) is 0 Å². The molecule has 1 unspecified atom stereocenters. The van der Waals surface area contributed by atoms with E-state index in [-0.39, 0.29) is 6.04 Å². The van der Waals surface area contributed by atoms with E-state index in [1.807, 2.05) is 0 Å². The highest BCUT2D eigenvalue weighted by molar-refractivity contribution is 7.33. The van der Waals surface area contributed by atoms with E-state index in [1.165, 1.54) is 6.92 Å². The summed E-state index contributed by atoms with van der Waals surface area (Å²) >= 11 is 10.7. The minimum atomic E-state index is -4.42. The zero-order chi connectivity index (χ0) is 10.6. The molecule has 0 bridgehead atoms. The first kappa shape index (κ1) is 13.5. The number of halogens is 6. The van der Waals surface area contributed by atoms with Crippen molar-refractivity contribution in [3.8, 4) is 0 Å². The average molecular weight is 259 g/mol. The Kier molecular flexibility index (Phi) is 5.58. The Labute approximate surface area is 84.0 Å². The highest BCUT2D eigenvalue weighted by atomic mass is 35.7. The predicted molar refractivity (Wildman–Crippen MR) is 45.2 cm³/mol. The van der Waals surface area contributed by atoms with Crippen LogP contribution in [0.3, 0.4) is 0 Å². The normalized spacial score (nSPS) is 15.5.